The molecule has 0 spiro atoms. The average Bonchev–Trinajstić information content (AvgIpc) is 2.50. The maximum atomic E-state index is 11.8. The molecule has 0 rings (SSSR count). The summed E-state index contributed by atoms with van der Waals surface area (Å²) in [5, 5.41) is 18.8. The van der Waals surface area contributed by atoms with Crippen LogP contribution in [-0.2, 0) is 28.6 Å². The Balaban J connectivity index is 5.04. The normalized spacial score (nSPS) is 14.5. The first-order valence-corrected chi connectivity index (χ1v) is 6.45. The number of esters is 3. The molecular formula is C15H20O8. The molecule has 0 amide bonds. The first-order valence-electron chi connectivity index (χ1n) is 6.45. The molecule has 0 fully saturated rings. The standard InChI is InChI=1S/C15H20O8/c1-9(2)12(17)22-15(20,8-16)23-14(19)11(4)7-6-10(3)13(18)21-5/h6-7,16,20H,1,8H2,2-5H3/b10-6+,11-7+. The average molecular weight is 328 g/mol. The third-order valence-electron chi connectivity index (χ3n) is 2.47. The van der Waals surface area contributed by atoms with E-state index in [1.165, 1.54) is 40.0 Å². The van der Waals surface area contributed by atoms with Crippen LogP contribution in [0.3, 0.4) is 0 Å². The lowest BCUT2D eigenvalue weighted by Gasteiger charge is -2.24. The highest BCUT2D eigenvalue weighted by molar-refractivity contribution is 5.91. The van der Waals surface area contributed by atoms with Gasteiger partial charge in [-0.25, -0.2) is 14.4 Å². The first kappa shape index (κ1) is 20.6. The lowest BCUT2D eigenvalue weighted by molar-refractivity contribution is -0.334. The van der Waals surface area contributed by atoms with Crippen molar-refractivity contribution in [2.45, 2.75) is 26.7 Å². The highest BCUT2D eigenvalue weighted by atomic mass is 16.8. The van der Waals surface area contributed by atoms with Gasteiger partial charge in [-0.1, -0.05) is 18.7 Å². The number of hydrogen-bond acceptors (Lipinski definition) is 8. The van der Waals surface area contributed by atoms with Crippen molar-refractivity contribution in [2.24, 2.45) is 0 Å². The Kier molecular flexibility index (Phi) is 7.92. The van der Waals surface area contributed by atoms with Crippen molar-refractivity contribution < 1.29 is 38.8 Å². The largest absolute Gasteiger partial charge is 0.466 e. The van der Waals surface area contributed by atoms with Crippen LogP contribution < -0.4 is 0 Å². The van der Waals surface area contributed by atoms with Gasteiger partial charge in [-0.05, 0) is 20.8 Å². The van der Waals surface area contributed by atoms with Crippen molar-refractivity contribution in [1.82, 2.24) is 0 Å². The Morgan fingerprint density at radius 3 is 1.83 bits per heavy atom. The molecule has 0 aliphatic carbocycles. The number of aliphatic hydroxyl groups is 2. The zero-order valence-corrected chi connectivity index (χ0v) is 13.4. The van der Waals surface area contributed by atoms with Crippen molar-refractivity contribution >= 4 is 17.9 Å². The van der Waals surface area contributed by atoms with Crippen molar-refractivity contribution in [2.75, 3.05) is 13.7 Å². The molecule has 8 heteroatoms. The van der Waals surface area contributed by atoms with Gasteiger partial charge in [0.25, 0.3) is 0 Å². The van der Waals surface area contributed by atoms with E-state index >= 15 is 0 Å². The third-order valence-corrected chi connectivity index (χ3v) is 2.47. The van der Waals surface area contributed by atoms with E-state index in [4.69, 9.17) is 5.11 Å². The number of carbonyl (C=O) groups is 3. The molecule has 0 bridgehead atoms. The molecule has 8 nitrogen and oxygen atoms in total. The molecular weight excluding hydrogens is 308 g/mol. The molecule has 0 saturated carbocycles. The summed E-state index contributed by atoms with van der Waals surface area (Å²) in [5.41, 5.74) is 0.147. The Labute approximate surface area is 133 Å². The molecule has 0 aromatic carbocycles. The van der Waals surface area contributed by atoms with Crippen LogP contribution in [0.2, 0.25) is 0 Å². The molecule has 0 aromatic rings. The van der Waals surface area contributed by atoms with Crippen molar-refractivity contribution in [3.05, 3.63) is 35.5 Å². The fraction of sp³-hybridized carbons (Fsp3) is 0.400. The van der Waals surface area contributed by atoms with Crippen LogP contribution >= 0.6 is 0 Å². The predicted molar refractivity (Wildman–Crippen MR) is 78.6 cm³/mol. The predicted octanol–water partition coefficient (Wildman–Crippen LogP) is 0.353. The van der Waals surface area contributed by atoms with Crippen LogP contribution in [0.1, 0.15) is 20.8 Å². The van der Waals surface area contributed by atoms with Crippen molar-refractivity contribution in [1.29, 1.82) is 0 Å². The van der Waals surface area contributed by atoms with Gasteiger partial charge in [-0.3, -0.25) is 0 Å². The van der Waals surface area contributed by atoms with Crippen LogP contribution in [-0.4, -0.2) is 47.8 Å². The summed E-state index contributed by atoms with van der Waals surface area (Å²) in [4.78, 5) is 34.3. The Hall–Kier alpha value is -2.45. The Morgan fingerprint density at radius 1 is 1.00 bits per heavy atom. The number of rotatable bonds is 7. The number of hydrogen-bond donors (Lipinski definition) is 2. The lowest BCUT2D eigenvalue weighted by Crippen LogP contribution is -2.43. The quantitative estimate of drug-likeness (QED) is 0.297. The Morgan fingerprint density at radius 2 is 1.43 bits per heavy atom. The zero-order valence-electron chi connectivity index (χ0n) is 13.4. The molecule has 0 aromatic heterocycles. The summed E-state index contributed by atoms with van der Waals surface area (Å²) in [6, 6.07) is 0. The van der Waals surface area contributed by atoms with E-state index in [1.807, 2.05) is 0 Å². The number of methoxy groups -OCH3 is 1. The molecule has 0 heterocycles. The summed E-state index contributed by atoms with van der Waals surface area (Å²) in [5.74, 6) is -5.52. The molecule has 0 radical (unpaired) electrons. The van der Waals surface area contributed by atoms with Crippen molar-refractivity contribution in [3.63, 3.8) is 0 Å². The minimum Gasteiger partial charge on any atom is -0.466 e. The van der Waals surface area contributed by atoms with E-state index in [0.29, 0.717) is 0 Å². The maximum absolute atomic E-state index is 11.8. The second-order valence-electron chi connectivity index (χ2n) is 4.62. The minimum atomic E-state index is -2.83. The second kappa shape index (κ2) is 8.86. The summed E-state index contributed by atoms with van der Waals surface area (Å²) in [6.45, 7) is 6.25. The van der Waals surface area contributed by atoms with Gasteiger partial charge < -0.3 is 24.4 Å². The molecule has 23 heavy (non-hydrogen) atoms. The molecule has 128 valence electrons. The zero-order chi connectivity index (χ0) is 18.2. The van der Waals surface area contributed by atoms with E-state index < -0.39 is 30.5 Å². The fourth-order valence-electron chi connectivity index (χ4n) is 1.09. The number of ether oxygens (including phenoxy) is 3. The highest BCUT2D eigenvalue weighted by Crippen LogP contribution is 2.14. The number of aliphatic hydroxyl groups excluding tert-OH is 1. The lowest BCUT2D eigenvalue weighted by atomic mass is 10.2. The van der Waals surface area contributed by atoms with Gasteiger partial charge in [0, 0.05) is 16.7 Å². The fourth-order valence-corrected chi connectivity index (χ4v) is 1.09. The van der Waals surface area contributed by atoms with Crippen LogP contribution in [0, 0.1) is 0 Å². The topological polar surface area (TPSA) is 119 Å². The highest BCUT2D eigenvalue weighted by Gasteiger charge is 2.36. The van der Waals surface area contributed by atoms with Gasteiger partial charge in [0.05, 0.1) is 7.11 Å². The molecule has 0 aliphatic heterocycles. The Bertz CT molecular complexity index is 558. The van der Waals surface area contributed by atoms with Gasteiger partial charge in [0.15, 0.2) is 0 Å². The van der Waals surface area contributed by atoms with E-state index in [-0.39, 0.29) is 16.7 Å². The number of carbonyl (C=O) groups excluding carboxylic acids is 3. The van der Waals surface area contributed by atoms with E-state index in [1.54, 1.807) is 0 Å². The van der Waals surface area contributed by atoms with E-state index in [0.717, 1.165) is 0 Å². The van der Waals surface area contributed by atoms with Gasteiger partial charge in [-0.2, -0.15) is 0 Å². The van der Waals surface area contributed by atoms with Crippen LogP contribution in [0.15, 0.2) is 35.5 Å². The van der Waals surface area contributed by atoms with Crippen molar-refractivity contribution in [3.8, 4) is 0 Å². The molecule has 0 aliphatic rings. The number of allylic oxidation sites excluding steroid dienone is 2. The van der Waals surface area contributed by atoms with E-state index in [2.05, 4.69) is 20.8 Å². The monoisotopic (exact) mass is 328 g/mol. The summed E-state index contributed by atoms with van der Waals surface area (Å²) < 4.78 is 13.5. The third kappa shape index (κ3) is 6.90. The van der Waals surface area contributed by atoms with E-state index in [9.17, 15) is 19.5 Å². The van der Waals surface area contributed by atoms with Crippen LogP contribution in [0.5, 0.6) is 0 Å². The molecule has 1 atom stereocenters. The molecule has 2 N–H and O–H groups in total. The molecule has 0 saturated heterocycles. The van der Waals surface area contributed by atoms with Gasteiger partial charge in [-0.15, -0.1) is 0 Å². The van der Waals surface area contributed by atoms with Gasteiger partial charge in [0.1, 0.15) is 6.61 Å². The smallest absolute Gasteiger partial charge is 0.398 e. The minimum absolute atomic E-state index is 0.0218. The summed E-state index contributed by atoms with van der Waals surface area (Å²) >= 11 is 0. The van der Waals surface area contributed by atoms with Crippen LogP contribution in [0.4, 0.5) is 0 Å². The first-order chi connectivity index (χ1) is 10.6. The molecule has 1 unspecified atom stereocenters. The summed E-state index contributed by atoms with van der Waals surface area (Å²) in [6.07, 6.45) is 2.55. The summed E-state index contributed by atoms with van der Waals surface area (Å²) in [7, 11) is 1.21. The van der Waals surface area contributed by atoms with Gasteiger partial charge in [0.2, 0.25) is 0 Å². The van der Waals surface area contributed by atoms with Crippen LogP contribution in [0.25, 0.3) is 0 Å². The SMILES string of the molecule is C=C(C)C(=O)OC(O)(CO)OC(=O)/C(C)=C/C=C(\C)C(=O)OC. The second-order valence-corrected chi connectivity index (χ2v) is 4.62. The maximum Gasteiger partial charge on any atom is 0.398 e. The van der Waals surface area contributed by atoms with Gasteiger partial charge >= 0.3 is 23.9 Å².